The molecule has 3 aromatic carbocycles. The number of nitrogens with one attached hydrogen (secondary N) is 1. The maximum absolute atomic E-state index is 14.0. The average Bonchev–Trinajstić information content (AvgIpc) is 2.93. The highest BCUT2D eigenvalue weighted by Crippen LogP contribution is 2.21. The molecule has 3 aromatic rings. The van der Waals surface area contributed by atoms with Gasteiger partial charge >= 0.3 is 10.2 Å². The summed E-state index contributed by atoms with van der Waals surface area (Å²) in [5, 5.41) is 2.93. The summed E-state index contributed by atoms with van der Waals surface area (Å²) in [4.78, 5) is 29.0. The van der Waals surface area contributed by atoms with Crippen LogP contribution in [0.2, 0.25) is 0 Å². The van der Waals surface area contributed by atoms with E-state index in [0.29, 0.717) is 18.7 Å². The van der Waals surface area contributed by atoms with Crippen LogP contribution in [0.1, 0.15) is 24.5 Å². The Bertz CT molecular complexity index is 1270. The summed E-state index contributed by atoms with van der Waals surface area (Å²) in [6.07, 6.45) is 1.04. The van der Waals surface area contributed by atoms with E-state index in [2.05, 4.69) is 5.32 Å². The Labute approximate surface area is 226 Å². The van der Waals surface area contributed by atoms with Gasteiger partial charge in [0.05, 0.1) is 5.69 Å². The van der Waals surface area contributed by atoms with Crippen molar-refractivity contribution in [2.24, 2.45) is 0 Å². The number of amides is 2. The van der Waals surface area contributed by atoms with E-state index < -0.39 is 28.7 Å². The second kappa shape index (κ2) is 13.7. The largest absolute Gasteiger partial charge is 0.354 e. The van der Waals surface area contributed by atoms with Crippen molar-refractivity contribution in [3.05, 3.63) is 102 Å². The summed E-state index contributed by atoms with van der Waals surface area (Å²) in [7, 11) is -1.14. The van der Waals surface area contributed by atoms with Crippen molar-refractivity contribution >= 4 is 27.7 Å². The lowest BCUT2D eigenvalue weighted by Gasteiger charge is -2.34. The lowest BCUT2D eigenvalue weighted by atomic mass is 10.0. The van der Waals surface area contributed by atoms with Crippen molar-refractivity contribution in [3.8, 4) is 0 Å². The Balaban J connectivity index is 2.04. The van der Waals surface area contributed by atoms with Gasteiger partial charge in [-0.1, -0.05) is 85.8 Å². The van der Waals surface area contributed by atoms with Gasteiger partial charge in [-0.3, -0.25) is 9.59 Å². The van der Waals surface area contributed by atoms with Crippen molar-refractivity contribution in [2.75, 3.05) is 31.5 Å². The molecule has 0 unspecified atom stereocenters. The molecule has 0 fully saturated rings. The summed E-state index contributed by atoms with van der Waals surface area (Å²) in [6, 6.07) is 26.6. The number of benzene rings is 3. The summed E-state index contributed by atoms with van der Waals surface area (Å²) in [5.74, 6) is -0.752. The first-order valence-electron chi connectivity index (χ1n) is 12.6. The number of hydrogen-bond acceptors (Lipinski definition) is 4. The van der Waals surface area contributed by atoms with Crippen molar-refractivity contribution in [3.63, 3.8) is 0 Å². The molecule has 0 spiro atoms. The number of para-hydroxylation sites is 1. The molecule has 1 atom stereocenters. The second-order valence-corrected chi connectivity index (χ2v) is 11.2. The van der Waals surface area contributed by atoms with Gasteiger partial charge in [-0.05, 0) is 29.7 Å². The normalized spacial score (nSPS) is 12.1. The fourth-order valence-corrected chi connectivity index (χ4v) is 5.07. The van der Waals surface area contributed by atoms with Crippen molar-refractivity contribution in [1.29, 1.82) is 0 Å². The lowest BCUT2D eigenvalue weighted by Crippen LogP contribution is -2.54. The van der Waals surface area contributed by atoms with E-state index >= 15 is 0 Å². The van der Waals surface area contributed by atoms with Gasteiger partial charge < -0.3 is 10.2 Å². The molecular weight excluding hydrogens is 500 g/mol. The van der Waals surface area contributed by atoms with E-state index in [9.17, 15) is 18.0 Å². The summed E-state index contributed by atoms with van der Waals surface area (Å²) in [6.45, 7) is 2.14. The van der Waals surface area contributed by atoms with E-state index in [1.165, 1.54) is 19.0 Å². The van der Waals surface area contributed by atoms with Crippen LogP contribution in [-0.2, 0) is 32.8 Å². The molecule has 0 radical (unpaired) electrons. The van der Waals surface area contributed by atoms with Gasteiger partial charge in [-0.2, -0.15) is 12.7 Å². The van der Waals surface area contributed by atoms with E-state index in [1.54, 1.807) is 30.3 Å². The van der Waals surface area contributed by atoms with Gasteiger partial charge in [-0.25, -0.2) is 4.31 Å². The fourth-order valence-electron chi connectivity index (χ4n) is 4.01. The third-order valence-electron chi connectivity index (χ3n) is 6.08. The number of carbonyl (C=O) groups is 2. The zero-order chi connectivity index (χ0) is 27.5. The topological polar surface area (TPSA) is 90.0 Å². The van der Waals surface area contributed by atoms with E-state index in [1.807, 2.05) is 67.6 Å². The van der Waals surface area contributed by atoms with Crippen LogP contribution in [0.5, 0.6) is 0 Å². The van der Waals surface area contributed by atoms with Gasteiger partial charge in [0.1, 0.15) is 12.6 Å². The minimum atomic E-state index is -3.99. The number of anilines is 1. The fraction of sp³-hybridized carbons (Fsp3) is 0.310. The molecule has 0 bridgehead atoms. The predicted octanol–water partition coefficient (Wildman–Crippen LogP) is 3.47. The maximum atomic E-state index is 14.0. The molecule has 38 heavy (non-hydrogen) atoms. The maximum Gasteiger partial charge on any atom is 0.304 e. The minimum absolute atomic E-state index is 0.154. The Morgan fingerprint density at radius 1 is 0.816 bits per heavy atom. The Kier molecular flexibility index (Phi) is 10.4. The van der Waals surface area contributed by atoms with Crippen LogP contribution in [0.4, 0.5) is 5.69 Å². The second-order valence-electron chi connectivity index (χ2n) is 9.14. The Morgan fingerprint density at radius 3 is 1.87 bits per heavy atom. The van der Waals surface area contributed by atoms with Crippen molar-refractivity contribution < 1.29 is 18.0 Å². The molecular formula is C29H36N4O4S. The minimum Gasteiger partial charge on any atom is -0.354 e. The average molecular weight is 537 g/mol. The van der Waals surface area contributed by atoms with Crippen LogP contribution < -0.4 is 9.62 Å². The first kappa shape index (κ1) is 28.9. The number of hydrogen-bond donors (Lipinski definition) is 1. The summed E-state index contributed by atoms with van der Waals surface area (Å²) in [5.41, 5.74) is 2.10. The first-order valence-corrected chi connectivity index (χ1v) is 14.0. The highest BCUT2D eigenvalue weighted by atomic mass is 32.2. The van der Waals surface area contributed by atoms with Crippen LogP contribution in [0.15, 0.2) is 91.0 Å². The number of nitrogens with zero attached hydrogens (tertiary/aromatic N) is 3. The quantitative estimate of drug-likeness (QED) is 0.362. The molecule has 0 aliphatic rings. The van der Waals surface area contributed by atoms with Gasteiger partial charge in [-0.15, -0.1) is 0 Å². The molecule has 8 nitrogen and oxygen atoms in total. The predicted molar refractivity (Wildman–Crippen MR) is 151 cm³/mol. The zero-order valence-electron chi connectivity index (χ0n) is 22.2. The lowest BCUT2D eigenvalue weighted by molar-refractivity contribution is -0.140. The van der Waals surface area contributed by atoms with Crippen molar-refractivity contribution in [2.45, 2.75) is 32.4 Å². The molecule has 0 aromatic heterocycles. The Hall–Kier alpha value is -3.69. The molecule has 0 aliphatic heterocycles. The monoisotopic (exact) mass is 536 g/mol. The molecule has 0 saturated heterocycles. The summed E-state index contributed by atoms with van der Waals surface area (Å²) >= 11 is 0. The van der Waals surface area contributed by atoms with E-state index in [-0.39, 0.29) is 12.5 Å². The van der Waals surface area contributed by atoms with Crippen LogP contribution in [-0.4, -0.2) is 62.7 Å². The molecule has 1 N–H and O–H groups in total. The van der Waals surface area contributed by atoms with Gasteiger partial charge in [0, 0.05) is 33.6 Å². The highest BCUT2D eigenvalue weighted by Gasteiger charge is 2.34. The van der Waals surface area contributed by atoms with Gasteiger partial charge in [0.2, 0.25) is 11.8 Å². The molecule has 0 saturated carbocycles. The molecule has 202 valence electrons. The van der Waals surface area contributed by atoms with Crippen molar-refractivity contribution in [1.82, 2.24) is 14.5 Å². The number of carbonyl (C=O) groups excluding carboxylic acids is 2. The number of rotatable bonds is 13. The molecule has 3 rings (SSSR count). The van der Waals surface area contributed by atoms with Crippen LogP contribution in [0.3, 0.4) is 0 Å². The molecule has 2 amide bonds. The zero-order valence-corrected chi connectivity index (χ0v) is 23.0. The highest BCUT2D eigenvalue weighted by molar-refractivity contribution is 7.90. The molecule has 9 heteroatoms. The molecule has 0 aliphatic carbocycles. The van der Waals surface area contributed by atoms with E-state index in [0.717, 1.165) is 26.2 Å². The third kappa shape index (κ3) is 7.66. The van der Waals surface area contributed by atoms with Gasteiger partial charge in [0.25, 0.3) is 0 Å². The third-order valence-corrected chi connectivity index (χ3v) is 7.90. The standard InChI is InChI=1S/C29H36N4O4S/c1-4-20-30-29(35)27(21-24-14-8-5-9-15-24)32(22-25-16-10-6-11-17-25)28(34)23-33(38(36,37)31(2)3)26-18-12-7-13-19-26/h5-19,27H,4,20-23H2,1-3H3,(H,30,35)/t27-/m1/s1. The van der Waals surface area contributed by atoms with E-state index in [4.69, 9.17) is 0 Å². The Morgan fingerprint density at radius 2 is 1.34 bits per heavy atom. The first-order chi connectivity index (χ1) is 18.2. The van der Waals surface area contributed by atoms with Crippen LogP contribution in [0.25, 0.3) is 0 Å². The smallest absolute Gasteiger partial charge is 0.304 e. The molecule has 0 heterocycles. The SMILES string of the molecule is CCCNC(=O)[C@@H](Cc1ccccc1)N(Cc1ccccc1)C(=O)CN(c1ccccc1)S(=O)(=O)N(C)C. The van der Waals surface area contributed by atoms with Crippen LogP contribution in [0, 0.1) is 0 Å². The van der Waals surface area contributed by atoms with Gasteiger partial charge in [0.15, 0.2) is 0 Å². The van der Waals surface area contributed by atoms with Crippen LogP contribution >= 0.6 is 0 Å². The summed E-state index contributed by atoms with van der Waals surface area (Å²) < 4.78 is 28.7.